The van der Waals surface area contributed by atoms with Gasteiger partial charge in [0.25, 0.3) is 0 Å². The summed E-state index contributed by atoms with van der Waals surface area (Å²) >= 11 is 0. The predicted molar refractivity (Wildman–Crippen MR) is 127 cm³/mol. The molecule has 0 aliphatic rings. The van der Waals surface area contributed by atoms with Crippen LogP contribution in [-0.2, 0) is 28.7 Å². The van der Waals surface area contributed by atoms with E-state index in [1.807, 2.05) is 19.9 Å². The minimum atomic E-state index is -3.23. The highest BCUT2D eigenvalue weighted by atomic mass is 127. The number of hydrogen-bond donors (Lipinski definition) is 2. The summed E-state index contributed by atoms with van der Waals surface area (Å²) in [5, 5.41) is 6.22. The molecule has 0 unspecified atom stereocenters. The van der Waals surface area contributed by atoms with Crippen LogP contribution in [0.2, 0.25) is 0 Å². The number of rotatable bonds is 8. The molecule has 0 aliphatic heterocycles. The number of nitrogens with one attached hydrogen (secondary N) is 2. The summed E-state index contributed by atoms with van der Waals surface area (Å²) in [6, 6.07) is 7.80. The number of benzene rings is 1. The van der Waals surface area contributed by atoms with Crippen LogP contribution in [0.4, 0.5) is 4.39 Å². The minimum absolute atomic E-state index is 0. The number of guanidine groups is 1. The summed E-state index contributed by atoms with van der Waals surface area (Å²) in [5.74, 6) is 0.502. The van der Waals surface area contributed by atoms with E-state index in [9.17, 15) is 12.8 Å². The van der Waals surface area contributed by atoms with Crippen LogP contribution >= 0.6 is 24.0 Å². The van der Waals surface area contributed by atoms with Crippen molar-refractivity contribution in [2.24, 2.45) is 4.99 Å². The zero-order valence-electron chi connectivity index (χ0n) is 17.5. The number of hydrogen-bond acceptors (Lipinski definition) is 5. The predicted octanol–water partition coefficient (Wildman–Crippen LogP) is 3.04. The van der Waals surface area contributed by atoms with Crippen molar-refractivity contribution in [2.75, 3.05) is 13.3 Å². The lowest BCUT2D eigenvalue weighted by atomic mass is 10.1. The molecule has 0 amide bonds. The van der Waals surface area contributed by atoms with Gasteiger partial charge in [0.05, 0.1) is 11.9 Å². The van der Waals surface area contributed by atoms with E-state index in [0.29, 0.717) is 29.5 Å². The van der Waals surface area contributed by atoms with E-state index in [0.717, 1.165) is 11.8 Å². The molecule has 1 aromatic carbocycles. The second-order valence-corrected chi connectivity index (χ2v) is 9.07. The Morgan fingerprint density at radius 2 is 1.87 bits per heavy atom. The fourth-order valence-corrected chi connectivity index (χ4v) is 3.44. The zero-order valence-corrected chi connectivity index (χ0v) is 20.6. The van der Waals surface area contributed by atoms with Crippen molar-refractivity contribution >= 4 is 39.8 Å². The van der Waals surface area contributed by atoms with Gasteiger partial charge in [0.1, 0.15) is 5.82 Å². The van der Waals surface area contributed by atoms with Crippen LogP contribution in [0.25, 0.3) is 0 Å². The van der Waals surface area contributed by atoms with E-state index in [2.05, 4.69) is 20.6 Å². The van der Waals surface area contributed by atoms with Crippen LogP contribution in [0.3, 0.4) is 0 Å². The van der Waals surface area contributed by atoms with E-state index in [1.165, 1.54) is 18.2 Å². The third-order valence-corrected chi connectivity index (χ3v) is 4.71. The summed E-state index contributed by atoms with van der Waals surface area (Å²) in [7, 11) is -1.61. The van der Waals surface area contributed by atoms with Crippen LogP contribution in [0, 0.1) is 5.82 Å². The van der Waals surface area contributed by atoms with Gasteiger partial charge in [-0.2, -0.15) is 0 Å². The monoisotopic (exact) mass is 550 g/mol. The van der Waals surface area contributed by atoms with Gasteiger partial charge in [-0.3, -0.25) is 4.99 Å². The van der Waals surface area contributed by atoms with Crippen LogP contribution in [0.1, 0.15) is 30.5 Å². The molecule has 0 saturated heterocycles. The maximum atomic E-state index is 13.6. The topological polar surface area (TPSA) is 92.7 Å². The van der Waals surface area contributed by atoms with E-state index in [1.54, 1.807) is 19.3 Å². The van der Waals surface area contributed by atoms with Crippen molar-refractivity contribution in [3.05, 3.63) is 59.0 Å². The van der Waals surface area contributed by atoms with Gasteiger partial charge in [-0.15, -0.1) is 24.0 Å². The molecule has 0 spiro atoms. The Morgan fingerprint density at radius 1 is 1.17 bits per heavy atom. The van der Waals surface area contributed by atoms with E-state index < -0.39 is 15.7 Å². The van der Waals surface area contributed by atoms with Crippen molar-refractivity contribution in [1.82, 2.24) is 15.6 Å². The second-order valence-electron chi connectivity index (χ2n) is 6.93. The van der Waals surface area contributed by atoms with Crippen LogP contribution in [0.5, 0.6) is 5.88 Å². The smallest absolute Gasteiger partial charge is 0.213 e. The molecular weight excluding hydrogens is 522 g/mol. The molecule has 7 nitrogen and oxygen atoms in total. The highest BCUT2D eigenvalue weighted by Gasteiger charge is 2.11. The number of halogens is 2. The molecule has 1 aromatic heterocycles. The lowest BCUT2D eigenvalue weighted by Gasteiger charge is -2.14. The Morgan fingerprint density at radius 3 is 2.43 bits per heavy atom. The van der Waals surface area contributed by atoms with Gasteiger partial charge in [0.15, 0.2) is 15.8 Å². The van der Waals surface area contributed by atoms with Crippen LogP contribution in [-0.4, -0.2) is 38.8 Å². The largest absolute Gasteiger partial charge is 0.475 e. The van der Waals surface area contributed by atoms with Gasteiger partial charge in [-0.25, -0.2) is 17.8 Å². The lowest BCUT2D eigenvalue weighted by Crippen LogP contribution is -2.36. The molecule has 2 N–H and O–H groups in total. The Labute approximate surface area is 194 Å². The van der Waals surface area contributed by atoms with E-state index >= 15 is 0 Å². The molecule has 2 rings (SSSR count). The number of ether oxygens (including phenoxy) is 1. The maximum Gasteiger partial charge on any atom is 0.213 e. The molecule has 30 heavy (non-hydrogen) atoms. The molecule has 2 aromatic rings. The number of sulfone groups is 1. The van der Waals surface area contributed by atoms with E-state index in [-0.39, 0.29) is 42.4 Å². The number of aromatic nitrogens is 1. The molecule has 0 fully saturated rings. The quantitative estimate of drug-likeness (QED) is 0.298. The van der Waals surface area contributed by atoms with Gasteiger partial charge in [-0.05, 0) is 42.7 Å². The number of nitrogens with zero attached hydrogens (tertiary/aromatic N) is 2. The molecule has 0 radical (unpaired) electrons. The van der Waals surface area contributed by atoms with Crippen LogP contribution < -0.4 is 15.4 Å². The second kappa shape index (κ2) is 12.0. The molecule has 0 bridgehead atoms. The van der Waals surface area contributed by atoms with Crippen molar-refractivity contribution in [3.8, 4) is 5.88 Å². The summed E-state index contributed by atoms with van der Waals surface area (Å²) in [5.41, 5.74) is 2.06. The molecule has 166 valence electrons. The molecular formula is C20H28FIN4O3S. The normalized spacial score (nSPS) is 11.7. The first-order valence-electron chi connectivity index (χ1n) is 9.17. The Balaban J connectivity index is 0.00000450. The van der Waals surface area contributed by atoms with Crippen molar-refractivity contribution < 1.29 is 17.5 Å². The van der Waals surface area contributed by atoms with Crippen molar-refractivity contribution in [2.45, 2.75) is 38.8 Å². The molecule has 0 saturated carbocycles. The first-order chi connectivity index (χ1) is 13.7. The first-order valence-corrected chi connectivity index (χ1v) is 11.2. The lowest BCUT2D eigenvalue weighted by molar-refractivity contribution is 0.232. The maximum absolute atomic E-state index is 13.6. The molecule has 10 heteroatoms. The van der Waals surface area contributed by atoms with Gasteiger partial charge in [0, 0.05) is 38.7 Å². The third kappa shape index (κ3) is 9.24. The fourth-order valence-electron chi connectivity index (χ4n) is 2.59. The summed E-state index contributed by atoms with van der Waals surface area (Å²) < 4.78 is 42.4. The van der Waals surface area contributed by atoms with Crippen LogP contribution in [0.15, 0.2) is 41.5 Å². The van der Waals surface area contributed by atoms with E-state index in [4.69, 9.17) is 4.74 Å². The first kappa shape index (κ1) is 26.1. The number of aliphatic imine (C=N–C) groups is 1. The van der Waals surface area contributed by atoms with Gasteiger partial charge >= 0.3 is 0 Å². The molecule has 0 aliphatic carbocycles. The third-order valence-electron chi connectivity index (χ3n) is 3.87. The number of pyridine rings is 1. The highest BCUT2D eigenvalue weighted by Crippen LogP contribution is 2.14. The average Bonchev–Trinajstić information content (AvgIpc) is 2.63. The SMILES string of the molecule is CN=C(NCc1ccc(OC(C)C)nc1)NCc1cc(F)ccc1CS(C)(=O)=O.I. The fraction of sp³-hybridized carbons (Fsp3) is 0.400. The van der Waals surface area contributed by atoms with Gasteiger partial charge in [-0.1, -0.05) is 12.1 Å². The Bertz CT molecular complexity index is 951. The Hall–Kier alpha value is -1.95. The summed E-state index contributed by atoms with van der Waals surface area (Å²) in [4.78, 5) is 8.39. The zero-order chi connectivity index (χ0) is 21.4. The highest BCUT2D eigenvalue weighted by molar-refractivity contribution is 14.0. The molecule has 0 atom stereocenters. The standard InChI is InChI=1S/C20H27FN4O3S.HI/c1-14(2)28-19-8-5-15(10-23-19)11-24-20(22-3)25-12-17-9-18(21)7-6-16(17)13-29(4,26)27;/h5-10,14H,11-13H2,1-4H3,(H2,22,24,25);1H. The molecule has 1 heterocycles. The average molecular weight is 550 g/mol. The van der Waals surface area contributed by atoms with Crippen molar-refractivity contribution in [1.29, 1.82) is 0 Å². The van der Waals surface area contributed by atoms with Gasteiger partial charge < -0.3 is 15.4 Å². The minimum Gasteiger partial charge on any atom is -0.475 e. The van der Waals surface area contributed by atoms with Crippen molar-refractivity contribution in [3.63, 3.8) is 0 Å². The summed E-state index contributed by atoms with van der Waals surface area (Å²) in [6.07, 6.45) is 2.93. The van der Waals surface area contributed by atoms with Gasteiger partial charge in [0.2, 0.25) is 5.88 Å². The Kier molecular flexibility index (Phi) is 10.5. The summed E-state index contributed by atoms with van der Waals surface area (Å²) in [6.45, 7) is 4.59.